The van der Waals surface area contributed by atoms with E-state index in [9.17, 15) is 9.59 Å². The molecule has 1 aliphatic rings. The van der Waals surface area contributed by atoms with Gasteiger partial charge in [0, 0.05) is 26.1 Å². The van der Waals surface area contributed by atoms with Crippen LogP contribution in [0, 0.1) is 12.3 Å². The van der Waals surface area contributed by atoms with Crippen molar-refractivity contribution in [2.45, 2.75) is 64.6 Å². The highest BCUT2D eigenvalue weighted by Gasteiger charge is 2.26. The van der Waals surface area contributed by atoms with Gasteiger partial charge in [-0.25, -0.2) is 0 Å². The SMILES string of the molecule is C#CCOCCC(=O)NCCCCCC(=O)N1CCC(OC(C)C)C1. The van der Waals surface area contributed by atoms with E-state index in [0.29, 0.717) is 26.0 Å². The highest BCUT2D eigenvalue weighted by molar-refractivity contribution is 5.76. The summed E-state index contributed by atoms with van der Waals surface area (Å²) >= 11 is 0. The molecule has 1 unspecified atom stereocenters. The number of hydrogen-bond acceptors (Lipinski definition) is 4. The first-order valence-corrected chi connectivity index (χ1v) is 9.24. The number of nitrogens with one attached hydrogen (secondary N) is 1. The van der Waals surface area contributed by atoms with Crippen LogP contribution in [0.5, 0.6) is 0 Å². The van der Waals surface area contributed by atoms with Gasteiger partial charge in [0.2, 0.25) is 11.8 Å². The van der Waals surface area contributed by atoms with Crippen LogP contribution in [0.4, 0.5) is 0 Å². The summed E-state index contributed by atoms with van der Waals surface area (Å²) in [6.07, 6.45) is 9.93. The van der Waals surface area contributed by atoms with Crippen LogP contribution in [0.15, 0.2) is 0 Å². The molecule has 0 radical (unpaired) electrons. The van der Waals surface area contributed by atoms with E-state index in [1.54, 1.807) is 0 Å². The lowest BCUT2D eigenvalue weighted by Crippen LogP contribution is -2.30. The van der Waals surface area contributed by atoms with Crippen molar-refractivity contribution in [3.8, 4) is 12.3 Å². The molecule has 25 heavy (non-hydrogen) atoms. The summed E-state index contributed by atoms with van der Waals surface area (Å²) in [5.74, 6) is 2.54. The molecule has 0 aromatic heterocycles. The number of hydrogen-bond donors (Lipinski definition) is 1. The molecule has 1 N–H and O–H groups in total. The Labute approximate surface area is 151 Å². The number of unbranched alkanes of at least 4 members (excludes halogenated alkanes) is 2. The second-order valence-electron chi connectivity index (χ2n) is 6.60. The molecule has 1 fully saturated rings. The van der Waals surface area contributed by atoms with Crippen molar-refractivity contribution in [1.82, 2.24) is 10.2 Å². The van der Waals surface area contributed by atoms with Gasteiger partial charge in [0.15, 0.2) is 0 Å². The molecule has 1 rings (SSSR count). The minimum Gasteiger partial charge on any atom is -0.374 e. The van der Waals surface area contributed by atoms with E-state index in [1.807, 2.05) is 18.7 Å². The number of ether oxygens (including phenoxy) is 2. The summed E-state index contributed by atoms with van der Waals surface area (Å²) in [4.78, 5) is 25.6. The van der Waals surface area contributed by atoms with E-state index in [0.717, 1.165) is 38.8 Å². The van der Waals surface area contributed by atoms with Crippen LogP contribution in [0.3, 0.4) is 0 Å². The Bertz CT molecular complexity index is 445. The fourth-order valence-corrected chi connectivity index (χ4v) is 2.80. The quantitative estimate of drug-likeness (QED) is 0.429. The number of likely N-dealkylation sites (tertiary alicyclic amines) is 1. The summed E-state index contributed by atoms with van der Waals surface area (Å²) < 4.78 is 10.8. The number of terminal acetylenes is 1. The van der Waals surface area contributed by atoms with Crippen molar-refractivity contribution in [3.05, 3.63) is 0 Å². The zero-order valence-electron chi connectivity index (χ0n) is 15.6. The fourth-order valence-electron chi connectivity index (χ4n) is 2.80. The highest BCUT2D eigenvalue weighted by Crippen LogP contribution is 2.16. The average Bonchev–Trinajstić information content (AvgIpc) is 3.02. The van der Waals surface area contributed by atoms with Crippen LogP contribution in [0.2, 0.25) is 0 Å². The molecule has 0 aromatic carbocycles. The van der Waals surface area contributed by atoms with Gasteiger partial charge in [0.25, 0.3) is 0 Å². The maximum Gasteiger partial charge on any atom is 0.222 e. The van der Waals surface area contributed by atoms with Crippen LogP contribution in [-0.4, -0.2) is 61.8 Å². The molecule has 0 bridgehead atoms. The lowest BCUT2D eigenvalue weighted by Gasteiger charge is -2.18. The molecule has 2 amide bonds. The Morgan fingerprint density at radius 1 is 1.28 bits per heavy atom. The molecule has 0 aromatic rings. The van der Waals surface area contributed by atoms with E-state index in [4.69, 9.17) is 15.9 Å². The Morgan fingerprint density at radius 2 is 2.08 bits per heavy atom. The van der Waals surface area contributed by atoms with Gasteiger partial charge in [-0.1, -0.05) is 12.3 Å². The molecule has 6 nitrogen and oxygen atoms in total. The third-order valence-corrected chi connectivity index (χ3v) is 4.01. The maximum atomic E-state index is 12.2. The molecule has 142 valence electrons. The van der Waals surface area contributed by atoms with E-state index in [-0.39, 0.29) is 30.6 Å². The van der Waals surface area contributed by atoms with E-state index in [2.05, 4.69) is 11.2 Å². The molecule has 1 atom stereocenters. The van der Waals surface area contributed by atoms with Crippen LogP contribution < -0.4 is 5.32 Å². The molecule has 0 saturated carbocycles. The van der Waals surface area contributed by atoms with E-state index < -0.39 is 0 Å². The Kier molecular flexibility index (Phi) is 10.9. The van der Waals surface area contributed by atoms with Gasteiger partial charge in [-0.3, -0.25) is 9.59 Å². The summed E-state index contributed by atoms with van der Waals surface area (Å²) in [5.41, 5.74) is 0. The maximum absolute atomic E-state index is 12.2. The minimum absolute atomic E-state index is 0.0265. The van der Waals surface area contributed by atoms with Crippen LogP contribution in [0.1, 0.15) is 52.4 Å². The highest BCUT2D eigenvalue weighted by atomic mass is 16.5. The Balaban J connectivity index is 1.98. The van der Waals surface area contributed by atoms with E-state index in [1.165, 1.54) is 0 Å². The molecule has 0 aliphatic carbocycles. The second-order valence-corrected chi connectivity index (χ2v) is 6.60. The summed E-state index contributed by atoms with van der Waals surface area (Å²) in [6, 6.07) is 0. The van der Waals surface area contributed by atoms with Crippen molar-refractivity contribution in [1.29, 1.82) is 0 Å². The summed E-state index contributed by atoms with van der Waals surface area (Å²) in [7, 11) is 0. The predicted molar refractivity (Wildman–Crippen MR) is 97.0 cm³/mol. The number of rotatable bonds is 12. The van der Waals surface area contributed by atoms with Crippen molar-refractivity contribution in [3.63, 3.8) is 0 Å². The normalized spacial score (nSPS) is 16.9. The smallest absolute Gasteiger partial charge is 0.222 e. The lowest BCUT2D eigenvalue weighted by atomic mass is 10.2. The largest absolute Gasteiger partial charge is 0.374 e. The number of nitrogens with zero attached hydrogens (tertiary/aromatic N) is 1. The molecule has 1 saturated heterocycles. The third kappa shape index (κ3) is 10.1. The lowest BCUT2D eigenvalue weighted by molar-refractivity contribution is -0.131. The van der Waals surface area contributed by atoms with Gasteiger partial charge in [0.1, 0.15) is 6.61 Å². The zero-order valence-corrected chi connectivity index (χ0v) is 15.6. The third-order valence-electron chi connectivity index (χ3n) is 4.01. The molecule has 0 spiro atoms. The Hall–Kier alpha value is -1.58. The molecule has 1 heterocycles. The van der Waals surface area contributed by atoms with Crippen molar-refractivity contribution in [2.75, 3.05) is 32.8 Å². The number of carbonyl (C=O) groups excluding carboxylic acids is 2. The monoisotopic (exact) mass is 352 g/mol. The average molecular weight is 352 g/mol. The first kappa shape index (κ1) is 21.5. The van der Waals surface area contributed by atoms with Gasteiger partial charge >= 0.3 is 0 Å². The molecular formula is C19H32N2O4. The molecular weight excluding hydrogens is 320 g/mol. The van der Waals surface area contributed by atoms with Gasteiger partial charge in [-0.05, 0) is 33.1 Å². The first-order valence-electron chi connectivity index (χ1n) is 9.24. The fraction of sp³-hybridized carbons (Fsp3) is 0.789. The van der Waals surface area contributed by atoms with Crippen molar-refractivity contribution >= 4 is 11.8 Å². The van der Waals surface area contributed by atoms with E-state index >= 15 is 0 Å². The van der Waals surface area contributed by atoms with Crippen molar-refractivity contribution < 1.29 is 19.1 Å². The summed E-state index contributed by atoms with van der Waals surface area (Å²) in [6.45, 7) is 6.78. The second kappa shape index (κ2) is 12.7. The number of carbonyl (C=O) groups is 2. The standard InChI is InChI=1S/C19H32N2O4/c1-4-13-24-14-10-18(22)20-11-7-5-6-8-19(23)21-12-9-17(15-21)25-16(2)3/h1,16-17H,5-15H2,2-3H3,(H,20,22). The van der Waals surface area contributed by atoms with Crippen LogP contribution >= 0.6 is 0 Å². The topological polar surface area (TPSA) is 67.9 Å². The molecule has 6 heteroatoms. The van der Waals surface area contributed by atoms with Gasteiger partial charge in [-0.2, -0.15) is 0 Å². The predicted octanol–water partition coefficient (Wildman–Crippen LogP) is 1.73. The van der Waals surface area contributed by atoms with Gasteiger partial charge in [0.05, 0.1) is 25.2 Å². The van der Waals surface area contributed by atoms with Gasteiger partial charge < -0.3 is 19.7 Å². The van der Waals surface area contributed by atoms with Crippen molar-refractivity contribution in [2.24, 2.45) is 0 Å². The van der Waals surface area contributed by atoms with Crippen LogP contribution in [0.25, 0.3) is 0 Å². The summed E-state index contributed by atoms with van der Waals surface area (Å²) in [5, 5.41) is 2.84. The number of amides is 2. The first-order chi connectivity index (χ1) is 12.0. The van der Waals surface area contributed by atoms with Crippen LogP contribution in [-0.2, 0) is 19.1 Å². The van der Waals surface area contributed by atoms with Gasteiger partial charge in [-0.15, -0.1) is 6.42 Å². The Morgan fingerprint density at radius 3 is 2.80 bits per heavy atom. The molecule has 1 aliphatic heterocycles. The zero-order chi connectivity index (χ0) is 18.5. The minimum atomic E-state index is -0.0265.